The van der Waals surface area contributed by atoms with Gasteiger partial charge in [-0.05, 0) is 37.0 Å². The molecule has 0 amide bonds. The third-order valence-corrected chi connectivity index (χ3v) is 5.73. The topological polar surface area (TPSA) is 57.6 Å². The van der Waals surface area contributed by atoms with Crippen LogP contribution in [0, 0.1) is 0 Å². The quantitative estimate of drug-likeness (QED) is 0.842. The van der Waals surface area contributed by atoms with Crippen LogP contribution in [0.5, 0.6) is 0 Å². The molecule has 0 saturated carbocycles. The Hall–Kier alpha value is -0.910. The fourth-order valence-electron chi connectivity index (χ4n) is 2.22. The molecule has 114 valence electrons. The first-order valence-corrected chi connectivity index (χ1v) is 8.53. The number of rotatable bonds is 7. The van der Waals surface area contributed by atoms with Gasteiger partial charge in [-0.1, -0.05) is 32.4 Å². The second-order valence-corrected chi connectivity index (χ2v) is 7.08. The Labute approximate surface area is 122 Å². The highest BCUT2D eigenvalue weighted by Gasteiger charge is 2.27. The Morgan fingerprint density at radius 1 is 1.30 bits per heavy atom. The molecular weight excluding hydrogens is 274 g/mol. The lowest BCUT2D eigenvalue weighted by atomic mass is 10.1. The number of hydrogen-bond acceptors (Lipinski definition) is 3. The summed E-state index contributed by atoms with van der Waals surface area (Å²) in [4.78, 5) is 0.317. The number of hydrogen-bond donors (Lipinski definition) is 1. The number of aliphatic hydroxyl groups is 1. The van der Waals surface area contributed by atoms with E-state index in [1.165, 1.54) is 4.31 Å². The van der Waals surface area contributed by atoms with Crippen molar-refractivity contribution in [3.8, 4) is 0 Å². The summed E-state index contributed by atoms with van der Waals surface area (Å²) in [6.07, 6.45) is 2.42. The number of aryl methyl sites for hydroxylation is 1. The molecule has 1 atom stereocenters. The van der Waals surface area contributed by atoms with Crippen molar-refractivity contribution in [1.29, 1.82) is 0 Å². The SMILES string of the molecule is CCCC(C)N(C)S(=O)(=O)c1cc(CO)ccc1CC. The first-order valence-electron chi connectivity index (χ1n) is 7.09. The summed E-state index contributed by atoms with van der Waals surface area (Å²) in [5.74, 6) is 0. The molecule has 1 N–H and O–H groups in total. The van der Waals surface area contributed by atoms with E-state index < -0.39 is 10.0 Å². The van der Waals surface area contributed by atoms with Gasteiger partial charge in [-0.3, -0.25) is 0 Å². The van der Waals surface area contributed by atoms with E-state index in [-0.39, 0.29) is 12.6 Å². The number of aliphatic hydroxyl groups excluding tert-OH is 1. The zero-order chi connectivity index (χ0) is 15.3. The molecule has 1 unspecified atom stereocenters. The van der Waals surface area contributed by atoms with E-state index in [4.69, 9.17) is 0 Å². The van der Waals surface area contributed by atoms with E-state index in [0.29, 0.717) is 16.9 Å². The molecule has 1 aromatic rings. The van der Waals surface area contributed by atoms with E-state index in [2.05, 4.69) is 0 Å². The summed E-state index contributed by atoms with van der Waals surface area (Å²) in [5.41, 5.74) is 1.41. The van der Waals surface area contributed by atoms with E-state index in [1.54, 1.807) is 25.2 Å². The van der Waals surface area contributed by atoms with Gasteiger partial charge in [0.15, 0.2) is 0 Å². The van der Waals surface area contributed by atoms with Crippen LogP contribution >= 0.6 is 0 Å². The van der Waals surface area contributed by atoms with Gasteiger partial charge < -0.3 is 5.11 Å². The monoisotopic (exact) mass is 299 g/mol. The standard InChI is InChI=1S/C15H25NO3S/c1-5-7-12(3)16(4)20(18,19)15-10-13(11-17)8-9-14(15)6-2/h8-10,12,17H,5-7,11H2,1-4H3. The molecule has 0 radical (unpaired) electrons. The van der Waals surface area contributed by atoms with Crippen molar-refractivity contribution in [1.82, 2.24) is 4.31 Å². The van der Waals surface area contributed by atoms with Crippen molar-refractivity contribution < 1.29 is 13.5 Å². The van der Waals surface area contributed by atoms with Crippen LogP contribution in [0.1, 0.15) is 44.7 Å². The Bertz CT molecular complexity index is 540. The minimum absolute atomic E-state index is 0.0347. The lowest BCUT2D eigenvalue weighted by Crippen LogP contribution is -2.35. The molecule has 0 bridgehead atoms. The average molecular weight is 299 g/mol. The Morgan fingerprint density at radius 3 is 2.45 bits per heavy atom. The number of benzene rings is 1. The average Bonchev–Trinajstić information content (AvgIpc) is 2.45. The third kappa shape index (κ3) is 3.59. The molecule has 5 heteroatoms. The maximum atomic E-state index is 12.7. The number of sulfonamides is 1. The first-order chi connectivity index (χ1) is 9.38. The van der Waals surface area contributed by atoms with Gasteiger partial charge in [0.05, 0.1) is 11.5 Å². The van der Waals surface area contributed by atoms with Crippen LogP contribution in [-0.2, 0) is 23.1 Å². The summed E-state index contributed by atoms with van der Waals surface area (Å²) in [6, 6.07) is 5.11. The minimum atomic E-state index is -3.51. The van der Waals surface area contributed by atoms with Crippen molar-refractivity contribution in [2.24, 2.45) is 0 Å². The van der Waals surface area contributed by atoms with Crippen molar-refractivity contribution in [3.05, 3.63) is 29.3 Å². The summed E-state index contributed by atoms with van der Waals surface area (Å²) in [7, 11) is -1.89. The molecule has 1 aromatic carbocycles. The maximum Gasteiger partial charge on any atom is 0.243 e. The van der Waals surface area contributed by atoms with Gasteiger partial charge in [0, 0.05) is 13.1 Å². The third-order valence-electron chi connectivity index (χ3n) is 3.68. The highest BCUT2D eigenvalue weighted by Crippen LogP contribution is 2.24. The normalized spacial score (nSPS) is 13.7. The highest BCUT2D eigenvalue weighted by molar-refractivity contribution is 7.89. The van der Waals surface area contributed by atoms with Crippen LogP contribution in [0.2, 0.25) is 0 Å². The molecule has 4 nitrogen and oxygen atoms in total. The van der Waals surface area contributed by atoms with Crippen molar-refractivity contribution >= 4 is 10.0 Å². The van der Waals surface area contributed by atoms with Crippen molar-refractivity contribution in [2.75, 3.05) is 7.05 Å². The van der Waals surface area contributed by atoms with E-state index in [0.717, 1.165) is 18.4 Å². The second kappa shape index (κ2) is 7.20. The van der Waals surface area contributed by atoms with E-state index in [1.807, 2.05) is 20.8 Å². The van der Waals surface area contributed by atoms with Gasteiger partial charge in [-0.25, -0.2) is 8.42 Å². The van der Waals surface area contributed by atoms with Gasteiger partial charge in [0.1, 0.15) is 0 Å². The van der Waals surface area contributed by atoms with Crippen LogP contribution in [0.25, 0.3) is 0 Å². The van der Waals surface area contributed by atoms with Crippen LogP contribution < -0.4 is 0 Å². The predicted molar refractivity (Wildman–Crippen MR) is 81.1 cm³/mol. The molecule has 20 heavy (non-hydrogen) atoms. The van der Waals surface area contributed by atoms with Crippen LogP contribution in [0.15, 0.2) is 23.1 Å². The number of nitrogens with zero attached hydrogens (tertiary/aromatic N) is 1. The highest BCUT2D eigenvalue weighted by atomic mass is 32.2. The molecule has 0 aliphatic rings. The predicted octanol–water partition coefficient (Wildman–Crippen LogP) is 2.55. The Morgan fingerprint density at radius 2 is 1.95 bits per heavy atom. The fourth-order valence-corrected chi connectivity index (χ4v) is 3.95. The molecule has 0 aromatic heterocycles. The Kier molecular flexibility index (Phi) is 6.17. The molecule has 0 aliphatic heterocycles. The Balaban J connectivity index is 3.26. The van der Waals surface area contributed by atoms with Gasteiger partial charge >= 0.3 is 0 Å². The molecule has 0 heterocycles. The van der Waals surface area contributed by atoms with Crippen LogP contribution in [-0.4, -0.2) is 30.9 Å². The molecule has 0 saturated heterocycles. The van der Waals surface area contributed by atoms with E-state index >= 15 is 0 Å². The van der Waals surface area contributed by atoms with Crippen molar-refractivity contribution in [3.63, 3.8) is 0 Å². The van der Waals surface area contributed by atoms with Gasteiger partial charge in [-0.2, -0.15) is 4.31 Å². The summed E-state index contributed by atoms with van der Waals surface area (Å²) in [5, 5.41) is 9.21. The molecule has 0 fully saturated rings. The van der Waals surface area contributed by atoms with Crippen LogP contribution in [0.4, 0.5) is 0 Å². The minimum Gasteiger partial charge on any atom is -0.392 e. The zero-order valence-electron chi connectivity index (χ0n) is 12.8. The first kappa shape index (κ1) is 17.1. The van der Waals surface area contributed by atoms with Crippen LogP contribution in [0.3, 0.4) is 0 Å². The van der Waals surface area contributed by atoms with E-state index in [9.17, 15) is 13.5 Å². The molecule has 0 aliphatic carbocycles. The summed E-state index contributed by atoms with van der Waals surface area (Å²) < 4.78 is 26.9. The smallest absolute Gasteiger partial charge is 0.243 e. The second-order valence-electron chi connectivity index (χ2n) is 5.11. The largest absolute Gasteiger partial charge is 0.392 e. The molecule has 1 rings (SSSR count). The van der Waals surface area contributed by atoms with Crippen molar-refractivity contribution in [2.45, 2.75) is 57.6 Å². The van der Waals surface area contributed by atoms with Gasteiger partial charge in [0.2, 0.25) is 10.0 Å². The lowest BCUT2D eigenvalue weighted by molar-refractivity contribution is 0.281. The summed E-state index contributed by atoms with van der Waals surface area (Å²) >= 11 is 0. The zero-order valence-corrected chi connectivity index (χ0v) is 13.6. The molecule has 0 spiro atoms. The van der Waals surface area contributed by atoms with Gasteiger partial charge in [-0.15, -0.1) is 0 Å². The lowest BCUT2D eigenvalue weighted by Gasteiger charge is -2.25. The fraction of sp³-hybridized carbons (Fsp3) is 0.600. The maximum absolute atomic E-state index is 12.7. The molecular formula is C15H25NO3S. The summed E-state index contributed by atoms with van der Waals surface area (Å²) in [6.45, 7) is 5.74. The van der Waals surface area contributed by atoms with Gasteiger partial charge in [0.25, 0.3) is 0 Å².